The zero-order valence-electron chi connectivity index (χ0n) is 3.26. The fourth-order valence-electron chi connectivity index (χ4n) is 0. The Balaban J connectivity index is 0. The molecule has 0 aromatic rings. The smallest absolute Gasteiger partial charge is 0 e. The average Bonchev–Trinajstić information content (AvgIpc) is 0. The van der Waals surface area contributed by atoms with Gasteiger partial charge in [0.25, 0.3) is 0 Å². The largest absolute Gasteiger partial charge is 0.412 e. The predicted octanol–water partition coefficient (Wildman–Crippen LogP) is -4.95. The molecule has 1 radical (unpaired) electrons. The maximum atomic E-state index is 0. The van der Waals surface area contributed by atoms with E-state index in [-0.39, 0.29) is 69.7 Å². The quantitative estimate of drug-likeness (QED) is 0.412. The third-order valence-corrected chi connectivity index (χ3v) is 0. The van der Waals surface area contributed by atoms with Gasteiger partial charge in [-0.15, -0.1) is 0 Å². The Morgan fingerprint density at radius 2 is 0.286 bits per heavy atom. The van der Waals surface area contributed by atoms with Crippen LogP contribution in [-0.2, 0) is 0 Å². The van der Waals surface area contributed by atoms with Gasteiger partial charge in [0.05, 0.1) is 0 Å². The van der Waals surface area contributed by atoms with Crippen molar-refractivity contribution in [3.8, 4) is 0 Å². The van der Waals surface area contributed by atoms with Crippen molar-refractivity contribution in [3.05, 3.63) is 0 Å². The molecule has 0 aromatic heterocycles. The molecule has 7 heteroatoms. The van der Waals surface area contributed by atoms with Crippen LogP contribution in [0.4, 0.5) is 0 Å². The van der Waals surface area contributed by atoms with Crippen LogP contribution in [0, 0.1) is 36.9 Å². The van der Waals surface area contributed by atoms with Crippen molar-refractivity contribution in [2.45, 2.75) is 0 Å². The van der Waals surface area contributed by atoms with Crippen molar-refractivity contribution >= 4 is 0 Å². The molecule has 0 saturated heterocycles. The van der Waals surface area contributed by atoms with Crippen LogP contribution in [0.1, 0.15) is 0 Å². The van der Waals surface area contributed by atoms with Gasteiger partial charge in [-0.1, -0.05) is 0 Å². The second kappa shape index (κ2) is 254. The molecule has 0 atom stereocenters. The summed E-state index contributed by atoms with van der Waals surface area (Å²) in [5, 5.41) is 0. The first-order valence-corrected chi connectivity index (χ1v) is 0. The van der Waals surface area contributed by atoms with E-state index in [1.54, 1.807) is 0 Å². The second-order valence-electron chi connectivity index (χ2n) is 0. The van der Waals surface area contributed by atoms with Gasteiger partial charge < -0.3 is 32.9 Å². The van der Waals surface area contributed by atoms with Crippen molar-refractivity contribution in [1.82, 2.24) is 0 Å². The van der Waals surface area contributed by atoms with E-state index in [9.17, 15) is 0 Å². The standard InChI is InChI=1S/Lu.6H2O/h;6*1H2. The van der Waals surface area contributed by atoms with Crippen LogP contribution in [0.2, 0.25) is 0 Å². The summed E-state index contributed by atoms with van der Waals surface area (Å²) in [5.74, 6) is 0. The molecule has 0 aromatic carbocycles. The Kier molecular flexibility index (Phi) is 14400. The maximum absolute atomic E-state index is 0. The van der Waals surface area contributed by atoms with E-state index in [1.165, 1.54) is 0 Å². The Hall–Kier alpha value is 0.994. The molecule has 0 fully saturated rings. The molecule has 0 bridgehead atoms. The first-order chi connectivity index (χ1) is 0. The molecule has 12 N–H and O–H groups in total. The van der Waals surface area contributed by atoms with Gasteiger partial charge in [0, 0.05) is 36.9 Å². The molecule has 0 aliphatic carbocycles. The fourth-order valence-corrected chi connectivity index (χ4v) is 0. The molecule has 0 heterocycles. The maximum Gasteiger partial charge on any atom is 0 e. The first kappa shape index (κ1) is 396. The summed E-state index contributed by atoms with van der Waals surface area (Å²) in [6.45, 7) is 0. The van der Waals surface area contributed by atoms with Gasteiger partial charge in [-0.25, -0.2) is 0 Å². The third-order valence-electron chi connectivity index (χ3n) is 0. The number of rotatable bonds is 0. The van der Waals surface area contributed by atoms with Gasteiger partial charge in [-0.2, -0.15) is 0 Å². The van der Waals surface area contributed by atoms with Crippen LogP contribution in [-0.4, -0.2) is 32.9 Å². The summed E-state index contributed by atoms with van der Waals surface area (Å²) in [7, 11) is 0. The number of hydrogen-bond acceptors (Lipinski definition) is 0. The molecular formula is H12LuO6. The zero-order chi connectivity index (χ0) is 0. The Bertz CT molecular complexity index is 4.14. The molecule has 6 nitrogen and oxygen atoms in total. The van der Waals surface area contributed by atoms with Gasteiger partial charge >= 0.3 is 0 Å². The van der Waals surface area contributed by atoms with Crippen molar-refractivity contribution < 1.29 is 69.7 Å². The van der Waals surface area contributed by atoms with E-state index in [4.69, 9.17) is 0 Å². The monoisotopic (exact) mass is 283 g/mol. The third kappa shape index (κ3) is 177. The summed E-state index contributed by atoms with van der Waals surface area (Å²) in [5.41, 5.74) is 0. The minimum absolute atomic E-state index is 0. The van der Waals surface area contributed by atoms with E-state index >= 15 is 0 Å². The molecule has 0 unspecified atom stereocenters. The van der Waals surface area contributed by atoms with E-state index in [1.807, 2.05) is 0 Å². The molecule has 0 saturated carbocycles. The van der Waals surface area contributed by atoms with Crippen molar-refractivity contribution in [1.29, 1.82) is 0 Å². The minimum atomic E-state index is 0. The van der Waals surface area contributed by atoms with Crippen molar-refractivity contribution in [2.24, 2.45) is 0 Å². The van der Waals surface area contributed by atoms with Gasteiger partial charge in [-0.05, 0) is 0 Å². The topological polar surface area (TPSA) is 189 Å². The average molecular weight is 283 g/mol. The van der Waals surface area contributed by atoms with E-state index < -0.39 is 0 Å². The molecule has 63 valence electrons. The van der Waals surface area contributed by atoms with Crippen LogP contribution in [0.15, 0.2) is 0 Å². The van der Waals surface area contributed by atoms with Gasteiger partial charge in [0.15, 0.2) is 0 Å². The molecule has 7 heavy (non-hydrogen) atoms. The summed E-state index contributed by atoms with van der Waals surface area (Å²) in [6.07, 6.45) is 0. The van der Waals surface area contributed by atoms with Crippen LogP contribution in [0.3, 0.4) is 0 Å². The normalized spacial score (nSPS) is 0. The number of hydrogen-bond donors (Lipinski definition) is 0. The minimum Gasteiger partial charge on any atom is -0.412 e. The van der Waals surface area contributed by atoms with Crippen LogP contribution >= 0.6 is 0 Å². The predicted molar refractivity (Wildman–Crippen MR) is 21.7 cm³/mol. The fraction of sp³-hybridized carbons (Fsp3) is 0. The Morgan fingerprint density at radius 1 is 0.286 bits per heavy atom. The molecular weight excluding hydrogens is 271 g/mol. The molecule has 0 aliphatic rings. The van der Waals surface area contributed by atoms with Gasteiger partial charge in [0.2, 0.25) is 0 Å². The molecule has 0 aliphatic heterocycles. The van der Waals surface area contributed by atoms with Crippen LogP contribution in [0.5, 0.6) is 0 Å². The van der Waals surface area contributed by atoms with Crippen molar-refractivity contribution in [3.63, 3.8) is 0 Å². The van der Waals surface area contributed by atoms with E-state index in [0.29, 0.717) is 0 Å². The summed E-state index contributed by atoms with van der Waals surface area (Å²) >= 11 is 0. The van der Waals surface area contributed by atoms with Crippen LogP contribution in [0.25, 0.3) is 0 Å². The SMILES string of the molecule is O.O.O.O.O.O.[Lu]. The van der Waals surface area contributed by atoms with E-state index in [2.05, 4.69) is 0 Å². The first-order valence-electron chi connectivity index (χ1n) is 0. The summed E-state index contributed by atoms with van der Waals surface area (Å²) < 4.78 is 0. The molecule has 0 spiro atoms. The van der Waals surface area contributed by atoms with Crippen molar-refractivity contribution in [2.75, 3.05) is 0 Å². The van der Waals surface area contributed by atoms with Gasteiger partial charge in [0.1, 0.15) is 0 Å². The zero-order valence-corrected chi connectivity index (χ0v) is 4.91. The molecule has 0 rings (SSSR count). The summed E-state index contributed by atoms with van der Waals surface area (Å²) in [4.78, 5) is 0. The van der Waals surface area contributed by atoms with Gasteiger partial charge in [-0.3, -0.25) is 0 Å². The van der Waals surface area contributed by atoms with Crippen LogP contribution < -0.4 is 0 Å². The Morgan fingerprint density at radius 3 is 0.286 bits per heavy atom. The Labute approximate surface area is 69.6 Å². The summed E-state index contributed by atoms with van der Waals surface area (Å²) in [6, 6.07) is 0. The molecule has 0 amide bonds. The van der Waals surface area contributed by atoms with E-state index in [0.717, 1.165) is 0 Å². The second-order valence-corrected chi connectivity index (χ2v) is 0.